The normalized spacial score (nSPS) is 25.1. The van der Waals surface area contributed by atoms with Crippen molar-refractivity contribution in [3.05, 3.63) is 77.0 Å². The fourth-order valence-corrected chi connectivity index (χ4v) is 3.68. The molecule has 2 aromatic rings. The standard InChI is InChI=1S/C20H26N2O/c1-17(2)20-14-21(13-18-9-5-3-6-10-18)16-22(20,23)15-19-11-7-4-8-12-19/h3-12,17,20H,13-16H2,1-2H3. The van der Waals surface area contributed by atoms with E-state index in [1.54, 1.807) is 0 Å². The van der Waals surface area contributed by atoms with Gasteiger partial charge in [-0.05, 0) is 5.56 Å². The summed E-state index contributed by atoms with van der Waals surface area (Å²) < 4.78 is -0.130. The van der Waals surface area contributed by atoms with Gasteiger partial charge in [0.25, 0.3) is 0 Å². The Morgan fingerprint density at radius 2 is 1.57 bits per heavy atom. The van der Waals surface area contributed by atoms with Crippen molar-refractivity contribution in [2.24, 2.45) is 5.92 Å². The van der Waals surface area contributed by atoms with Crippen LogP contribution in [0.1, 0.15) is 25.0 Å². The summed E-state index contributed by atoms with van der Waals surface area (Å²) >= 11 is 0. The van der Waals surface area contributed by atoms with Crippen LogP contribution in [0.25, 0.3) is 0 Å². The van der Waals surface area contributed by atoms with Crippen molar-refractivity contribution >= 4 is 0 Å². The minimum absolute atomic E-state index is 0.130. The van der Waals surface area contributed by atoms with Crippen LogP contribution in [0, 0.1) is 11.1 Å². The number of benzene rings is 2. The summed E-state index contributed by atoms with van der Waals surface area (Å²) in [6, 6.07) is 20.7. The third-order valence-corrected chi connectivity index (χ3v) is 4.80. The Hall–Kier alpha value is -1.68. The molecule has 3 heteroatoms. The second kappa shape index (κ2) is 6.83. The van der Waals surface area contributed by atoms with E-state index >= 15 is 0 Å². The van der Waals surface area contributed by atoms with Crippen molar-refractivity contribution in [1.82, 2.24) is 4.90 Å². The SMILES string of the molecule is CC(C)C1CN(Cc2ccccc2)C[N+]1([O-])Cc1ccccc1. The summed E-state index contributed by atoms with van der Waals surface area (Å²) in [6.07, 6.45) is 0. The summed E-state index contributed by atoms with van der Waals surface area (Å²) in [4.78, 5) is 2.32. The Labute approximate surface area is 139 Å². The molecule has 23 heavy (non-hydrogen) atoms. The van der Waals surface area contributed by atoms with Crippen LogP contribution < -0.4 is 0 Å². The lowest BCUT2D eigenvalue weighted by molar-refractivity contribution is -0.912. The van der Waals surface area contributed by atoms with E-state index in [-0.39, 0.29) is 10.7 Å². The maximum absolute atomic E-state index is 13.5. The predicted molar refractivity (Wildman–Crippen MR) is 94.1 cm³/mol. The number of hydrogen-bond donors (Lipinski definition) is 0. The zero-order chi connectivity index (χ0) is 16.3. The summed E-state index contributed by atoms with van der Waals surface area (Å²) in [5, 5.41) is 13.5. The molecule has 0 N–H and O–H groups in total. The molecule has 2 aromatic carbocycles. The maximum atomic E-state index is 13.5. The van der Waals surface area contributed by atoms with Gasteiger partial charge in [-0.2, -0.15) is 0 Å². The average molecular weight is 310 g/mol. The van der Waals surface area contributed by atoms with Gasteiger partial charge in [-0.25, -0.2) is 4.90 Å². The molecule has 1 aliphatic rings. The molecule has 0 bridgehead atoms. The van der Waals surface area contributed by atoms with Crippen LogP contribution in [0.15, 0.2) is 60.7 Å². The second-order valence-electron chi connectivity index (χ2n) is 7.05. The Morgan fingerprint density at radius 1 is 1.00 bits per heavy atom. The molecular weight excluding hydrogens is 284 g/mol. The summed E-state index contributed by atoms with van der Waals surface area (Å²) in [5.74, 6) is 0.386. The third kappa shape index (κ3) is 3.81. The van der Waals surface area contributed by atoms with Crippen LogP contribution in [0.3, 0.4) is 0 Å². The molecule has 0 saturated carbocycles. The Kier molecular flexibility index (Phi) is 4.81. The third-order valence-electron chi connectivity index (χ3n) is 4.80. The zero-order valence-corrected chi connectivity index (χ0v) is 14.1. The number of rotatable bonds is 5. The Balaban J connectivity index is 1.75. The van der Waals surface area contributed by atoms with Crippen molar-refractivity contribution in [1.29, 1.82) is 0 Å². The molecule has 0 spiro atoms. The highest BCUT2D eigenvalue weighted by Crippen LogP contribution is 2.31. The van der Waals surface area contributed by atoms with Gasteiger partial charge >= 0.3 is 0 Å². The van der Waals surface area contributed by atoms with Crippen LogP contribution in [0.2, 0.25) is 0 Å². The van der Waals surface area contributed by atoms with E-state index in [4.69, 9.17) is 0 Å². The van der Waals surface area contributed by atoms with E-state index in [2.05, 4.69) is 55.1 Å². The fraction of sp³-hybridized carbons (Fsp3) is 0.400. The molecule has 2 atom stereocenters. The molecule has 1 saturated heterocycles. The molecule has 2 unspecified atom stereocenters. The number of hydroxylamine groups is 3. The summed E-state index contributed by atoms with van der Waals surface area (Å²) in [6.45, 7) is 7.23. The van der Waals surface area contributed by atoms with Gasteiger partial charge in [-0.1, -0.05) is 74.5 Å². The van der Waals surface area contributed by atoms with Crippen LogP contribution >= 0.6 is 0 Å². The second-order valence-corrected chi connectivity index (χ2v) is 7.05. The molecule has 3 nitrogen and oxygen atoms in total. The van der Waals surface area contributed by atoms with Gasteiger partial charge in [0, 0.05) is 18.0 Å². The van der Waals surface area contributed by atoms with Gasteiger partial charge < -0.3 is 9.85 Å². The van der Waals surface area contributed by atoms with Crippen molar-refractivity contribution in [3.8, 4) is 0 Å². The van der Waals surface area contributed by atoms with Crippen molar-refractivity contribution in [3.63, 3.8) is 0 Å². The van der Waals surface area contributed by atoms with Crippen molar-refractivity contribution in [2.45, 2.75) is 33.0 Å². The Morgan fingerprint density at radius 3 is 2.13 bits per heavy atom. The molecule has 3 rings (SSSR count). The van der Waals surface area contributed by atoms with E-state index in [1.807, 2.05) is 24.3 Å². The highest BCUT2D eigenvalue weighted by Gasteiger charge is 2.41. The number of nitrogens with zero attached hydrogens (tertiary/aromatic N) is 2. The molecule has 0 aliphatic carbocycles. The van der Waals surface area contributed by atoms with Gasteiger partial charge in [0.05, 0.1) is 6.54 Å². The van der Waals surface area contributed by atoms with Gasteiger partial charge in [0.1, 0.15) is 19.3 Å². The fourth-order valence-electron chi connectivity index (χ4n) is 3.68. The molecule has 0 amide bonds. The highest BCUT2D eigenvalue weighted by atomic mass is 16.6. The molecule has 1 fully saturated rings. The van der Waals surface area contributed by atoms with E-state index in [1.165, 1.54) is 5.56 Å². The lowest BCUT2D eigenvalue weighted by atomic mass is 10.0. The quantitative estimate of drug-likeness (QED) is 0.616. The summed E-state index contributed by atoms with van der Waals surface area (Å²) in [7, 11) is 0. The Bertz CT molecular complexity index is 614. The average Bonchev–Trinajstić information content (AvgIpc) is 2.85. The smallest absolute Gasteiger partial charge is 0.135 e. The zero-order valence-electron chi connectivity index (χ0n) is 14.1. The molecule has 1 heterocycles. The van der Waals surface area contributed by atoms with Crippen LogP contribution in [-0.4, -0.2) is 28.8 Å². The molecular formula is C20H26N2O. The van der Waals surface area contributed by atoms with Gasteiger partial charge in [0.15, 0.2) is 0 Å². The van der Waals surface area contributed by atoms with Gasteiger partial charge in [-0.3, -0.25) is 0 Å². The molecule has 0 aromatic heterocycles. The summed E-state index contributed by atoms with van der Waals surface area (Å²) in [5.41, 5.74) is 2.41. The minimum atomic E-state index is -0.130. The first kappa shape index (κ1) is 16.2. The minimum Gasteiger partial charge on any atom is -0.631 e. The molecule has 0 radical (unpaired) electrons. The van der Waals surface area contributed by atoms with Crippen LogP contribution in [0.4, 0.5) is 0 Å². The topological polar surface area (TPSA) is 26.3 Å². The van der Waals surface area contributed by atoms with Crippen molar-refractivity contribution < 1.29 is 4.65 Å². The van der Waals surface area contributed by atoms with Gasteiger partial charge in [-0.15, -0.1) is 0 Å². The number of quaternary nitrogens is 1. The first-order valence-electron chi connectivity index (χ1n) is 8.45. The maximum Gasteiger partial charge on any atom is 0.135 e. The highest BCUT2D eigenvalue weighted by molar-refractivity contribution is 5.15. The van der Waals surface area contributed by atoms with Crippen molar-refractivity contribution in [2.75, 3.05) is 13.2 Å². The molecule has 122 valence electrons. The number of hydrogen-bond acceptors (Lipinski definition) is 2. The first-order chi connectivity index (χ1) is 11.1. The largest absolute Gasteiger partial charge is 0.631 e. The van der Waals surface area contributed by atoms with Gasteiger partial charge in [0.2, 0.25) is 0 Å². The van der Waals surface area contributed by atoms with Crippen LogP contribution in [0.5, 0.6) is 0 Å². The van der Waals surface area contributed by atoms with Crippen LogP contribution in [-0.2, 0) is 13.1 Å². The lowest BCUT2D eigenvalue weighted by Gasteiger charge is -2.45. The first-order valence-corrected chi connectivity index (χ1v) is 8.45. The van der Waals surface area contributed by atoms with E-state index in [9.17, 15) is 5.21 Å². The molecule has 1 aliphatic heterocycles. The lowest BCUT2D eigenvalue weighted by Crippen LogP contribution is -2.49. The monoisotopic (exact) mass is 310 g/mol. The van der Waals surface area contributed by atoms with E-state index in [0.717, 1.165) is 18.7 Å². The van der Waals surface area contributed by atoms with E-state index < -0.39 is 0 Å². The van der Waals surface area contributed by atoms with E-state index in [0.29, 0.717) is 19.1 Å². The predicted octanol–water partition coefficient (Wildman–Crippen LogP) is 4.00.